The Morgan fingerprint density at radius 2 is 2.21 bits per heavy atom. The number of halogens is 1. The molecule has 6 nitrogen and oxygen atoms in total. The highest BCUT2D eigenvalue weighted by molar-refractivity contribution is 9.10. The number of aryl methyl sites for hydroxylation is 2. The third-order valence-electron chi connectivity index (χ3n) is 5.25. The van der Waals surface area contributed by atoms with E-state index < -0.39 is 0 Å². The summed E-state index contributed by atoms with van der Waals surface area (Å²) in [6.45, 7) is 7.83. The molecule has 0 aliphatic heterocycles. The number of nitrogens with zero attached hydrogens (tertiary/aromatic N) is 2. The minimum atomic E-state index is -0.294. The number of rotatable bonds is 6. The van der Waals surface area contributed by atoms with Crippen LogP contribution in [0.3, 0.4) is 0 Å². The van der Waals surface area contributed by atoms with E-state index in [1.807, 2.05) is 11.6 Å². The summed E-state index contributed by atoms with van der Waals surface area (Å²) in [6.07, 6.45) is 3.90. The van der Waals surface area contributed by atoms with Crippen molar-refractivity contribution in [3.05, 3.63) is 31.9 Å². The summed E-state index contributed by atoms with van der Waals surface area (Å²) in [5.74, 6) is 0.344. The molecule has 2 aromatic rings. The summed E-state index contributed by atoms with van der Waals surface area (Å²) in [7, 11) is 1.43. The van der Waals surface area contributed by atoms with E-state index in [0.717, 1.165) is 65.2 Å². The number of aromatic nitrogens is 2. The third-order valence-corrected chi connectivity index (χ3v) is 7.82. The van der Waals surface area contributed by atoms with Crippen LogP contribution in [0.4, 0.5) is 5.00 Å². The summed E-state index contributed by atoms with van der Waals surface area (Å²) in [4.78, 5) is 13.6. The summed E-state index contributed by atoms with van der Waals surface area (Å²) >= 11 is 10.6. The summed E-state index contributed by atoms with van der Waals surface area (Å²) in [6, 6.07) is 0. The van der Waals surface area contributed by atoms with Gasteiger partial charge in [0, 0.05) is 23.7 Å². The average Bonchev–Trinajstić information content (AvgIpc) is 3.15. The second-order valence-electron chi connectivity index (χ2n) is 7.49. The molecule has 0 amide bonds. The zero-order chi connectivity index (χ0) is 21.1. The number of hydrogen-bond acceptors (Lipinski definition) is 5. The van der Waals surface area contributed by atoms with Crippen molar-refractivity contribution in [1.82, 2.24) is 15.1 Å². The molecule has 3 rings (SSSR count). The molecule has 1 unspecified atom stereocenters. The van der Waals surface area contributed by atoms with Gasteiger partial charge in [0.15, 0.2) is 5.11 Å². The molecule has 0 saturated heterocycles. The third kappa shape index (κ3) is 5.00. The van der Waals surface area contributed by atoms with E-state index in [2.05, 4.69) is 45.5 Å². The molecule has 1 atom stereocenters. The Kier molecular flexibility index (Phi) is 7.34. The Labute approximate surface area is 189 Å². The Hall–Kier alpha value is -1.45. The molecular formula is C20H27BrN4O2S2. The minimum Gasteiger partial charge on any atom is -0.465 e. The molecule has 1 aliphatic rings. The lowest BCUT2D eigenvalue weighted by Gasteiger charge is -2.18. The quantitative estimate of drug-likeness (QED) is 0.344. The summed E-state index contributed by atoms with van der Waals surface area (Å²) in [5.41, 5.74) is 3.90. The van der Waals surface area contributed by atoms with Crippen LogP contribution in [0.5, 0.6) is 0 Å². The smallest absolute Gasteiger partial charge is 0.341 e. The molecule has 2 aromatic heterocycles. The number of thiocarbonyl (C=S) groups is 1. The van der Waals surface area contributed by atoms with Gasteiger partial charge in [0.1, 0.15) is 5.00 Å². The number of hydrogen-bond donors (Lipinski definition) is 2. The monoisotopic (exact) mass is 498 g/mol. The first kappa shape index (κ1) is 22.2. The van der Waals surface area contributed by atoms with Crippen LogP contribution in [-0.4, -0.2) is 34.5 Å². The molecule has 158 valence electrons. The van der Waals surface area contributed by atoms with Crippen molar-refractivity contribution in [2.24, 2.45) is 5.92 Å². The topological polar surface area (TPSA) is 68.2 Å². The van der Waals surface area contributed by atoms with Gasteiger partial charge in [0.05, 0.1) is 22.8 Å². The maximum absolute atomic E-state index is 12.4. The number of fused-ring (bicyclic) bond motifs is 1. The van der Waals surface area contributed by atoms with Crippen LogP contribution in [0.15, 0.2) is 4.47 Å². The summed E-state index contributed by atoms with van der Waals surface area (Å²) in [5, 5.41) is 12.3. The van der Waals surface area contributed by atoms with Crippen molar-refractivity contribution in [1.29, 1.82) is 0 Å². The van der Waals surface area contributed by atoms with E-state index in [1.54, 1.807) is 11.3 Å². The first-order chi connectivity index (χ1) is 13.8. The molecule has 2 heterocycles. The van der Waals surface area contributed by atoms with Gasteiger partial charge in [0.25, 0.3) is 0 Å². The molecule has 1 aliphatic carbocycles. The van der Waals surface area contributed by atoms with E-state index in [-0.39, 0.29) is 5.97 Å². The van der Waals surface area contributed by atoms with Crippen LogP contribution in [-0.2, 0) is 24.1 Å². The molecule has 29 heavy (non-hydrogen) atoms. The first-order valence-electron chi connectivity index (χ1n) is 9.79. The molecule has 9 heteroatoms. The second kappa shape index (κ2) is 9.57. The highest BCUT2D eigenvalue weighted by atomic mass is 79.9. The molecule has 0 spiro atoms. The standard InChI is InChI=1S/C20H27BrN4O2S2/c1-11-6-7-14-15(10-11)29-18(16(14)19(26)27-4)23-20(28)22-8-5-9-25-13(3)17(21)12(2)24-25/h11H,5-10H2,1-4H3,(H2,22,23,28). The van der Waals surface area contributed by atoms with Crippen molar-refractivity contribution >= 4 is 55.6 Å². The van der Waals surface area contributed by atoms with Gasteiger partial charge in [-0.25, -0.2) is 4.79 Å². The molecule has 0 bridgehead atoms. The molecule has 0 aromatic carbocycles. The minimum absolute atomic E-state index is 0.294. The first-order valence-corrected chi connectivity index (χ1v) is 11.8. The number of thiophene rings is 1. The predicted molar refractivity (Wildman–Crippen MR) is 125 cm³/mol. The van der Waals surface area contributed by atoms with Crippen molar-refractivity contribution in [3.8, 4) is 0 Å². The van der Waals surface area contributed by atoms with Crippen LogP contribution in [0.2, 0.25) is 0 Å². The molecule has 0 fully saturated rings. The van der Waals surface area contributed by atoms with E-state index in [1.165, 1.54) is 12.0 Å². The van der Waals surface area contributed by atoms with E-state index in [4.69, 9.17) is 17.0 Å². The molecule has 0 saturated carbocycles. The van der Waals surface area contributed by atoms with Crippen LogP contribution in [0.25, 0.3) is 0 Å². The number of nitrogens with one attached hydrogen (secondary N) is 2. The molecular weight excluding hydrogens is 472 g/mol. The van der Waals surface area contributed by atoms with Crippen LogP contribution < -0.4 is 10.6 Å². The number of carbonyl (C=O) groups excluding carboxylic acids is 1. The zero-order valence-corrected chi connectivity index (χ0v) is 20.4. The number of esters is 1. The Morgan fingerprint density at radius 1 is 1.45 bits per heavy atom. The van der Waals surface area contributed by atoms with Gasteiger partial charge >= 0.3 is 5.97 Å². The fourth-order valence-corrected chi connectivity index (χ4v) is 5.58. The van der Waals surface area contributed by atoms with Crippen molar-refractivity contribution in [2.75, 3.05) is 19.0 Å². The maximum atomic E-state index is 12.4. The number of ether oxygens (including phenoxy) is 1. The van der Waals surface area contributed by atoms with Gasteiger partial charge in [-0.1, -0.05) is 6.92 Å². The normalized spacial score (nSPS) is 15.7. The maximum Gasteiger partial charge on any atom is 0.341 e. The van der Waals surface area contributed by atoms with Gasteiger partial charge < -0.3 is 15.4 Å². The van der Waals surface area contributed by atoms with Gasteiger partial charge in [-0.2, -0.15) is 5.10 Å². The highest BCUT2D eigenvalue weighted by Gasteiger charge is 2.28. The lowest BCUT2D eigenvalue weighted by atomic mass is 9.88. The zero-order valence-electron chi connectivity index (χ0n) is 17.2. The fraction of sp³-hybridized carbons (Fsp3) is 0.550. The number of anilines is 1. The highest BCUT2D eigenvalue weighted by Crippen LogP contribution is 2.40. The fourth-order valence-electron chi connectivity index (χ4n) is 3.63. The number of methoxy groups -OCH3 is 1. The lowest BCUT2D eigenvalue weighted by molar-refractivity contribution is 0.0601. The number of carbonyl (C=O) groups is 1. The predicted octanol–water partition coefficient (Wildman–Crippen LogP) is 4.61. The van der Waals surface area contributed by atoms with Gasteiger partial charge in [-0.3, -0.25) is 4.68 Å². The second-order valence-corrected chi connectivity index (χ2v) is 9.80. The SMILES string of the molecule is COC(=O)c1c(NC(=S)NCCCn2nc(C)c(Br)c2C)sc2c1CCC(C)C2. The van der Waals surface area contributed by atoms with Crippen LogP contribution in [0, 0.1) is 19.8 Å². The Balaban J connectivity index is 1.59. The van der Waals surface area contributed by atoms with Crippen LogP contribution >= 0.6 is 39.5 Å². The van der Waals surface area contributed by atoms with Gasteiger partial charge in [0.2, 0.25) is 0 Å². The van der Waals surface area contributed by atoms with Gasteiger partial charge in [-0.15, -0.1) is 11.3 Å². The van der Waals surface area contributed by atoms with E-state index >= 15 is 0 Å². The van der Waals surface area contributed by atoms with Crippen molar-refractivity contribution in [3.63, 3.8) is 0 Å². The molecule has 2 N–H and O–H groups in total. The largest absolute Gasteiger partial charge is 0.465 e. The molecule has 0 radical (unpaired) electrons. The lowest BCUT2D eigenvalue weighted by Crippen LogP contribution is -2.30. The Morgan fingerprint density at radius 3 is 2.86 bits per heavy atom. The van der Waals surface area contributed by atoms with Crippen molar-refractivity contribution < 1.29 is 9.53 Å². The van der Waals surface area contributed by atoms with E-state index in [0.29, 0.717) is 16.6 Å². The van der Waals surface area contributed by atoms with Crippen LogP contribution in [0.1, 0.15) is 52.0 Å². The Bertz CT molecular complexity index is 922. The van der Waals surface area contributed by atoms with E-state index in [9.17, 15) is 4.79 Å². The summed E-state index contributed by atoms with van der Waals surface area (Å²) < 4.78 is 8.10. The average molecular weight is 500 g/mol. The van der Waals surface area contributed by atoms with Gasteiger partial charge in [-0.05, 0) is 79.2 Å². The van der Waals surface area contributed by atoms with Crippen molar-refractivity contribution in [2.45, 2.75) is 53.0 Å².